The second-order valence-corrected chi connectivity index (χ2v) is 8.36. The van der Waals surface area contributed by atoms with Gasteiger partial charge in [-0.15, -0.1) is 0 Å². The van der Waals surface area contributed by atoms with Gasteiger partial charge < -0.3 is 4.90 Å². The Kier molecular flexibility index (Phi) is 5.70. The zero-order chi connectivity index (χ0) is 21.3. The van der Waals surface area contributed by atoms with Gasteiger partial charge in [0.2, 0.25) is 5.91 Å². The SMILES string of the molecule is C[C@H]1CCCC[C@@H]1N1C(=O)C(=O)N(CC(=O)N2CC=C(c3ccccc3)CC2)C1=O. The lowest BCUT2D eigenvalue weighted by molar-refractivity contribution is -0.145. The summed E-state index contributed by atoms with van der Waals surface area (Å²) in [5.74, 6) is -1.83. The van der Waals surface area contributed by atoms with Crippen LogP contribution >= 0.6 is 0 Å². The van der Waals surface area contributed by atoms with Crippen molar-refractivity contribution in [1.29, 1.82) is 0 Å². The molecule has 1 saturated heterocycles. The third-order valence-electron chi connectivity index (χ3n) is 6.48. The zero-order valence-electron chi connectivity index (χ0n) is 17.3. The molecule has 2 heterocycles. The summed E-state index contributed by atoms with van der Waals surface area (Å²) in [4.78, 5) is 54.1. The molecule has 3 aliphatic rings. The van der Waals surface area contributed by atoms with E-state index in [9.17, 15) is 19.2 Å². The average molecular weight is 409 g/mol. The number of benzene rings is 1. The minimum atomic E-state index is -0.886. The molecule has 158 valence electrons. The lowest BCUT2D eigenvalue weighted by Gasteiger charge is -2.34. The van der Waals surface area contributed by atoms with E-state index in [2.05, 4.69) is 0 Å². The van der Waals surface area contributed by atoms with Gasteiger partial charge in [-0.1, -0.05) is 56.2 Å². The molecule has 2 fully saturated rings. The predicted octanol–water partition coefficient (Wildman–Crippen LogP) is 2.67. The van der Waals surface area contributed by atoms with Crippen molar-refractivity contribution in [2.24, 2.45) is 5.92 Å². The van der Waals surface area contributed by atoms with Crippen LogP contribution in [0.5, 0.6) is 0 Å². The maximum Gasteiger partial charge on any atom is 0.334 e. The van der Waals surface area contributed by atoms with E-state index < -0.39 is 17.8 Å². The second kappa shape index (κ2) is 8.42. The fourth-order valence-electron chi connectivity index (χ4n) is 4.68. The number of carbonyl (C=O) groups is 4. The number of nitrogens with zero attached hydrogens (tertiary/aromatic N) is 3. The van der Waals surface area contributed by atoms with Crippen LogP contribution in [0.2, 0.25) is 0 Å². The van der Waals surface area contributed by atoms with Crippen LogP contribution in [-0.4, -0.2) is 64.1 Å². The highest BCUT2D eigenvalue weighted by molar-refractivity contribution is 6.45. The summed E-state index contributed by atoms with van der Waals surface area (Å²) >= 11 is 0. The molecule has 1 aliphatic carbocycles. The van der Waals surface area contributed by atoms with Gasteiger partial charge in [-0.3, -0.25) is 19.3 Å². The van der Waals surface area contributed by atoms with Crippen molar-refractivity contribution in [3.05, 3.63) is 42.0 Å². The lowest BCUT2D eigenvalue weighted by Crippen LogP contribution is -2.47. The smallest absolute Gasteiger partial charge is 0.334 e. The maximum atomic E-state index is 12.9. The van der Waals surface area contributed by atoms with E-state index in [1.54, 1.807) is 4.90 Å². The Labute approximate surface area is 176 Å². The van der Waals surface area contributed by atoms with E-state index in [0.29, 0.717) is 25.9 Å². The predicted molar refractivity (Wildman–Crippen MR) is 111 cm³/mol. The molecule has 1 aromatic rings. The van der Waals surface area contributed by atoms with Crippen molar-refractivity contribution < 1.29 is 19.2 Å². The Bertz CT molecular complexity index is 895. The number of amides is 5. The summed E-state index contributed by atoms with van der Waals surface area (Å²) in [5.41, 5.74) is 2.32. The number of hydrogen-bond acceptors (Lipinski definition) is 4. The Hall–Kier alpha value is -2.96. The van der Waals surface area contributed by atoms with Crippen molar-refractivity contribution in [3.63, 3.8) is 0 Å². The number of hydrogen-bond donors (Lipinski definition) is 0. The molecule has 0 spiro atoms. The molecule has 2 aliphatic heterocycles. The molecule has 2 atom stereocenters. The van der Waals surface area contributed by atoms with Gasteiger partial charge in [-0.05, 0) is 36.3 Å². The minimum absolute atomic E-state index is 0.166. The third-order valence-corrected chi connectivity index (χ3v) is 6.48. The Balaban J connectivity index is 1.41. The topological polar surface area (TPSA) is 78.0 Å². The number of imide groups is 2. The third kappa shape index (κ3) is 3.76. The molecule has 30 heavy (non-hydrogen) atoms. The van der Waals surface area contributed by atoms with Gasteiger partial charge in [-0.25, -0.2) is 9.69 Å². The average Bonchev–Trinajstić information content (AvgIpc) is 2.98. The van der Waals surface area contributed by atoms with Gasteiger partial charge in [0.15, 0.2) is 0 Å². The Morgan fingerprint density at radius 1 is 1.03 bits per heavy atom. The highest BCUT2D eigenvalue weighted by atomic mass is 16.2. The normalized spacial score (nSPS) is 25.0. The molecule has 1 saturated carbocycles. The number of rotatable bonds is 4. The van der Waals surface area contributed by atoms with E-state index >= 15 is 0 Å². The fourth-order valence-corrected chi connectivity index (χ4v) is 4.68. The van der Waals surface area contributed by atoms with Gasteiger partial charge in [0.25, 0.3) is 0 Å². The standard InChI is InChI=1S/C23H27N3O4/c1-16-7-5-6-10-19(16)26-22(29)21(28)25(23(26)30)15-20(27)24-13-11-18(12-14-24)17-8-3-2-4-9-17/h2-4,8-9,11,16,19H,5-7,10,12-15H2,1H3/t16-,19-/m0/s1. The monoisotopic (exact) mass is 409 g/mol. The van der Waals surface area contributed by atoms with Crippen LogP contribution in [0.3, 0.4) is 0 Å². The summed E-state index contributed by atoms with van der Waals surface area (Å²) in [7, 11) is 0. The second-order valence-electron chi connectivity index (χ2n) is 8.36. The lowest BCUT2D eigenvalue weighted by atomic mass is 9.85. The van der Waals surface area contributed by atoms with Crippen LogP contribution in [-0.2, 0) is 14.4 Å². The van der Waals surface area contributed by atoms with Gasteiger partial charge >= 0.3 is 17.8 Å². The first-order chi connectivity index (χ1) is 14.5. The van der Waals surface area contributed by atoms with Gasteiger partial charge in [0, 0.05) is 19.1 Å². The molecule has 4 rings (SSSR count). The largest absolute Gasteiger partial charge is 0.337 e. The molecule has 0 N–H and O–H groups in total. The Morgan fingerprint density at radius 2 is 1.77 bits per heavy atom. The molecule has 5 amide bonds. The molecule has 0 unspecified atom stereocenters. The van der Waals surface area contributed by atoms with Gasteiger partial charge in [-0.2, -0.15) is 0 Å². The summed E-state index contributed by atoms with van der Waals surface area (Å²) in [6, 6.07) is 9.10. The van der Waals surface area contributed by atoms with Crippen molar-refractivity contribution in [2.75, 3.05) is 19.6 Å². The Morgan fingerprint density at radius 3 is 2.43 bits per heavy atom. The summed E-state index contributed by atoms with van der Waals surface area (Å²) in [6.45, 7) is 2.58. The summed E-state index contributed by atoms with van der Waals surface area (Å²) in [5, 5.41) is 0. The molecule has 0 aromatic heterocycles. The summed E-state index contributed by atoms with van der Waals surface area (Å²) in [6.07, 6.45) is 6.36. The van der Waals surface area contributed by atoms with Crippen LogP contribution in [0.15, 0.2) is 36.4 Å². The first-order valence-electron chi connectivity index (χ1n) is 10.7. The first kappa shape index (κ1) is 20.3. The van der Waals surface area contributed by atoms with Crippen molar-refractivity contribution >= 4 is 29.3 Å². The highest BCUT2D eigenvalue weighted by Crippen LogP contribution is 2.31. The summed E-state index contributed by atoms with van der Waals surface area (Å²) < 4.78 is 0. The van der Waals surface area contributed by atoms with Crippen molar-refractivity contribution in [3.8, 4) is 0 Å². The van der Waals surface area contributed by atoms with Gasteiger partial charge in [0.05, 0.1) is 0 Å². The zero-order valence-corrected chi connectivity index (χ0v) is 17.3. The minimum Gasteiger partial charge on any atom is -0.337 e. The van der Waals surface area contributed by atoms with Crippen LogP contribution < -0.4 is 0 Å². The molecule has 7 heteroatoms. The fraction of sp³-hybridized carbons (Fsp3) is 0.478. The highest BCUT2D eigenvalue weighted by Gasteiger charge is 2.49. The van der Waals surface area contributed by atoms with Gasteiger partial charge in [0.1, 0.15) is 6.54 Å². The van der Waals surface area contributed by atoms with Crippen LogP contribution in [0.4, 0.5) is 4.79 Å². The quantitative estimate of drug-likeness (QED) is 0.566. The van der Waals surface area contributed by atoms with Crippen molar-refractivity contribution in [2.45, 2.75) is 45.1 Å². The molecule has 0 bridgehead atoms. The number of carbonyl (C=O) groups excluding carboxylic acids is 4. The molecular weight excluding hydrogens is 382 g/mol. The maximum absolute atomic E-state index is 12.9. The van der Waals surface area contributed by atoms with E-state index in [1.165, 1.54) is 5.57 Å². The molecule has 7 nitrogen and oxygen atoms in total. The van der Waals surface area contributed by atoms with Crippen LogP contribution in [0.25, 0.3) is 5.57 Å². The molecule has 0 radical (unpaired) electrons. The van der Waals surface area contributed by atoms with E-state index in [4.69, 9.17) is 0 Å². The van der Waals surface area contributed by atoms with E-state index in [0.717, 1.165) is 34.6 Å². The van der Waals surface area contributed by atoms with Crippen molar-refractivity contribution in [1.82, 2.24) is 14.7 Å². The van der Waals surface area contributed by atoms with Crippen LogP contribution in [0, 0.1) is 5.92 Å². The van der Waals surface area contributed by atoms with Crippen LogP contribution in [0.1, 0.15) is 44.6 Å². The van der Waals surface area contributed by atoms with E-state index in [-0.39, 0.29) is 24.4 Å². The molecule has 1 aromatic carbocycles. The molecular formula is C23H27N3O4. The first-order valence-corrected chi connectivity index (χ1v) is 10.7. The number of urea groups is 1. The van der Waals surface area contributed by atoms with E-state index in [1.807, 2.05) is 43.3 Å².